The quantitative estimate of drug-likeness (QED) is 0.751. The molecule has 1 atom stereocenters. The van der Waals surface area contributed by atoms with Crippen LogP contribution in [-0.2, 0) is 4.79 Å². The molecule has 1 aromatic rings. The fourth-order valence-electron chi connectivity index (χ4n) is 1.94. The number of amides is 1. The Morgan fingerprint density at radius 2 is 2.06 bits per heavy atom. The first-order valence-electron chi connectivity index (χ1n) is 6.39. The lowest BCUT2D eigenvalue weighted by Gasteiger charge is -2.25. The number of nitrogens with one attached hydrogen (secondary N) is 1. The van der Waals surface area contributed by atoms with Gasteiger partial charge < -0.3 is 11.1 Å². The first-order chi connectivity index (χ1) is 8.71. The summed E-state index contributed by atoms with van der Waals surface area (Å²) in [4.78, 5) is 13.5. The van der Waals surface area contributed by atoms with Crippen molar-refractivity contribution in [2.24, 2.45) is 5.73 Å². The zero-order chi connectivity index (χ0) is 13.4. The van der Waals surface area contributed by atoms with Crippen LogP contribution < -0.4 is 11.1 Å². The number of nitrogens with two attached hydrogens (primary N) is 1. The van der Waals surface area contributed by atoms with Crippen LogP contribution in [0.5, 0.6) is 0 Å². The van der Waals surface area contributed by atoms with E-state index in [0.717, 1.165) is 13.1 Å². The van der Waals surface area contributed by atoms with Gasteiger partial charge in [-0.1, -0.05) is 37.3 Å². The lowest BCUT2D eigenvalue weighted by Crippen LogP contribution is -2.39. The Hall–Kier alpha value is -1.39. The number of likely N-dealkylation sites (N-methyl/N-ethyl adjacent to an activating group) is 2. The molecular weight excluding hydrogens is 226 g/mol. The third-order valence-electron chi connectivity index (χ3n) is 3.13. The summed E-state index contributed by atoms with van der Waals surface area (Å²) in [6.45, 7) is 4.73. The third kappa shape index (κ3) is 4.47. The minimum absolute atomic E-state index is 0.0423. The fraction of sp³-hybridized carbons (Fsp3) is 0.500. The molecule has 0 aliphatic heterocycles. The van der Waals surface area contributed by atoms with E-state index in [2.05, 4.69) is 29.3 Å². The maximum Gasteiger partial charge on any atom is 0.233 e. The van der Waals surface area contributed by atoms with Gasteiger partial charge in [-0.05, 0) is 12.1 Å². The van der Waals surface area contributed by atoms with Gasteiger partial charge in [0.15, 0.2) is 0 Å². The maximum atomic E-state index is 11.4. The molecule has 0 aromatic heterocycles. The van der Waals surface area contributed by atoms with Crippen LogP contribution in [0.1, 0.15) is 18.4 Å². The van der Waals surface area contributed by atoms with Crippen LogP contribution in [0.2, 0.25) is 0 Å². The summed E-state index contributed by atoms with van der Waals surface area (Å²) in [7, 11) is 1.66. The Balaban J connectivity index is 2.63. The minimum Gasteiger partial charge on any atom is -0.358 e. The standard InChI is InChI=1S/C14H23N3O/c1-3-17(11-14(18)16-2)10-13(9-15)12-7-5-4-6-8-12/h4-8,13H,3,9-11,15H2,1-2H3,(H,16,18). The van der Waals surface area contributed by atoms with Crippen molar-refractivity contribution in [2.45, 2.75) is 12.8 Å². The summed E-state index contributed by atoms with van der Waals surface area (Å²) in [5.74, 6) is 0.316. The summed E-state index contributed by atoms with van der Waals surface area (Å²) in [6, 6.07) is 10.2. The van der Waals surface area contributed by atoms with Gasteiger partial charge in [-0.15, -0.1) is 0 Å². The van der Waals surface area contributed by atoms with E-state index in [4.69, 9.17) is 5.73 Å². The molecule has 0 bridgehead atoms. The molecule has 3 N–H and O–H groups in total. The summed E-state index contributed by atoms with van der Waals surface area (Å²) < 4.78 is 0. The minimum atomic E-state index is 0.0423. The van der Waals surface area contributed by atoms with Crippen LogP contribution in [-0.4, -0.2) is 44.0 Å². The van der Waals surface area contributed by atoms with Crippen molar-refractivity contribution >= 4 is 5.91 Å². The summed E-state index contributed by atoms with van der Waals surface area (Å²) in [6.07, 6.45) is 0. The molecule has 0 radical (unpaired) electrons. The average molecular weight is 249 g/mol. The molecule has 0 fully saturated rings. The van der Waals surface area contributed by atoms with Gasteiger partial charge in [-0.3, -0.25) is 9.69 Å². The molecule has 18 heavy (non-hydrogen) atoms. The lowest BCUT2D eigenvalue weighted by atomic mass is 9.98. The van der Waals surface area contributed by atoms with Gasteiger partial charge in [0, 0.05) is 26.1 Å². The van der Waals surface area contributed by atoms with Crippen molar-refractivity contribution in [3.63, 3.8) is 0 Å². The van der Waals surface area contributed by atoms with Crippen LogP contribution in [0.4, 0.5) is 0 Å². The van der Waals surface area contributed by atoms with Gasteiger partial charge in [0.25, 0.3) is 0 Å². The fourth-order valence-corrected chi connectivity index (χ4v) is 1.94. The van der Waals surface area contributed by atoms with Crippen LogP contribution in [0.15, 0.2) is 30.3 Å². The number of rotatable bonds is 7. The normalized spacial score (nSPS) is 12.4. The summed E-state index contributed by atoms with van der Waals surface area (Å²) in [5.41, 5.74) is 7.08. The molecule has 1 aromatic carbocycles. The number of nitrogens with zero attached hydrogens (tertiary/aromatic N) is 1. The predicted molar refractivity (Wildman–Crippen MR) is 74.4 cm³/mol. The van der Waals surface area contributed by atoms with Gasteiger partial charge in [0.2, 0.25) is 5.91 Å². The first-order valence-corrected chi connectivity index (χ1v) is 6.39. The van der Waals surface area contributed by atoms with Crippen molar-refractivity contribution in [3.05, 3.63) is 35.9 Å². The molecule has 1 rings (SSSR count). The molecular formula is C14H23N3O. The molecule has 1 amide bonds. The molecule has 0 aliphatic carbocycles. The number of carbonyl (C=O) groups is 1. The molecule has 100 valence electrons. The zero-order valence-electron chi connectivity index (χ0n) is 11.2. The molecule has 0 saturated carbocycles. The Labute approximate surface area is 109 Å². The van der Waals surface area contributed by atoms with Crippen molar-refractivity contribution in [3.8, 4) is 0 Å². The molecule has 0 saturated heterocycles. The SMILES string of the molecule is CCN(CC(=O)NC)CC(CN)c1ccccc1. The topological polar surface area (TPSA) is 58.4 Å². The van der Waals surface area contributed by atoms with Gasteiger partial charge >= 0.3 is 0 Å². The number of carbonyl (C=O) groups excluding carboxylic acids is 1. The molecule has 0 spiro atoms. The van der Waals surface area contributed by atoms with Gasteiger partial charge in [0.1, 0.15) is 0 Å². The lowest BCUT2D eigenvalue weighted by molar-refractivity contribution is -0.121. The first kappa shape index (κ1) is 14.7. The van der Waals surface area contributed by atoms with Crippen LogP contribution in [0.3, 0.4) is 0 Å². The van der Waals surface area contributed by atoms with Gasteiger partial charge in [-0.25, -0.2) is 0 Å². The molecule has 0 aliphatic rings. The average Bonchev–Trinajstić information content (AvgIpc) is 2.43. The van der Waals surface area contributed by atoms with Gasteiger partial charge in [-0.2, -0.15) is 0 Å². The van der Waals surface area contributed by atoms with Crippen molar-refractivity contribution in [2.75, 3.05) is 33.2 Å². The van der Waals surface area contributed by atoms with Crippen LogP contribution >= 0.6 is 0 Å². The highest BCUT2D eigenvalue weighted by molar-refractivity contribution is 5.77. The second-order valence-electron chi connectivity index (χ2n) is 4.34. The van der Waals surface area contributed by atoms with E-state index in [0.29, 0.717) is 13.1 Å². The monoisotopic (exact) mass is 249 g/mol. The maximum absolute atomic E-state index is 11.4. The highest BCUT2D eigenvalue weighted by atomic mass is 16.1. The number of hydrogen-bond donors (Lipinski definition) is 2. The molecule has 4 nitrogen and oxygen atoms in total. The van der Waals surface area contributed by atoms with Crippen molar-refractivity contribution in [1.29, 1.82) is 0 Å². The zero-order valence-corrected chi connectivity index (χ0v) is 11.2. The highest BCUT2D eigenvalue weighted by Crippen LogP contribution is 2.15. The highest BCUT2D eigenvalue weighted by Gasteiger charge is 2.15. The molecule has 1 unspecified atom stereocenters. The summed E-state index contributed by atoms with van der Waals surface area (Å²) in [5, 5.41) is 2.65. The van der Waals surface area contributed by atoms with Crippen molar-refractivity contribution < 1.29 is 4.79 Å². The second kappa shape index (κ2) is 7.84. The Morgan fingerprint density at radius 1 is 1.39 bits per heavy atom. The van der Waals surface area contributed by atoms with E-state index < -0.39 is 0 Å². The van der Waals surface area contributed by atoms with E-state index >= 15 is 0 Å². The number of hydrogen-bond acceptors (Lipinski definition) is 3. The Morgan fingerprint density at radius 3 is 2.56 bits per heavy atom. The van der Waals surface area contributed by atoms with E-state index in [1.807, 2.05) is 18.2 Å². The van der Waals surface area contributed by atoms with E-state index in [9.17, 15) is 4.79 Å². The second-order valence-corrected chi connectivity index (χ2v) is 4.34. The van der Waals surface area contributed by atoms with E-state index in [1.54, 1.807) is 7.05 Å². The number of benzene rings is 1. The van der Waals surface area contributed by atoms with E-state index in [-0.39, 0.29) is 11.8 Å². The van der Waals surface area contributed by atoms with Crippen molar-refractivity contribution in [1.82, 2.24) is 10.2 Å². The van der Waals surface area contributed by atoms with Gasteiger partial charge in [0.05, 0.1) is 6.54 Å². The van der Waals surface area contributed by atoms with Crippen LogP contribution in [0.25, 0.3) is 0 Å². The third-order valence-corrected chi connectivity index (χ3v) is 3.13. The van der Waals surface area contributed by atoms with E-state index in [1.165, 1.54) is 5.56 Å². The largest absolute Gasteiger partial charge is 0.358 e. The van der Waals surface area contributed by atoms with Crippen LogP contribution in [0, 0.1) is 0 Å². The molecule has 4 heteroatoms. The Bertz CT molecular complexity index is 353. The Kier molecular flexibility index (Phi) is 6.39. The summed E-state index contributed by atoms with van der Waals surface area (Å²) >= 11 is 0. The smallest absolute Gasteiger partial charge is 0.233 e. The predicted octanol–water partition coefficient (Wildman–Crippen LogP) is 0.797. The molecule has 0 heterocycles.